The van der Waals surface area contributed by atoms with E-state index in [0.29, 0.717) is 12.3 Å². The molecule has 28 heavy (non-hydrogen) atoms. The molecule has 2 amide bonds. The van der Waals surface area contributed by atoms with Crippen molar-refractivity contribution in [2.45, 2.75) is 13.1 Å². The fraction of sp³-hybridized carbons (Fsp3) is 0.222. The van der Waals surface area contributed by atoms with Crippen LogP contribution in [-0.2, 0) is 11.0 Å². The zero-order valence-electron chi connectivity index (χ0n) is 14.5. The lowest BCUT2D eigenvalue weighted by atomic mass is 10.1. The molecular weight excluding hydrogens is 399 g/mol. The maximum atomic E-state index is 12.8. The van der Waals surface area contributed by atoms with E-state index in [9.17, 15) is 22.8 Å². The number of aromatic nitrogens is 1. The third kappa shape index (κ3) is 3.70. The third-order valence-corrected chi connectivity index (χ3v) is 4.22. The highest BCUT2D eigenvalue weighted by Crippen LogP contribution is 2.31. The van der Waals surface area contributed by atoms with Crippen LogP contribution in [-0.4, -0.2) is 40.6 Å². The van der Waals surface area contributed by atoms with E-state index in [1.807, 2.05) is 0 Å². The molecule has 0 aliphatic carbocycles. The average Bonchev–Trinajstić information content (AvgIpc) is 2.89. The number of rotatable bonds is 5. The first-order valence-corrected chi connectivity index (χ1v) is 8.49. The summed E-state index contributed by atoms with van der Waals surface area (Å²) in [5.41, 5.74) is -0.725. The molecule has 0 fully saturated rings. The van der Waals surface area contributed by atoms with Crippen LogP contribution in [0.3, 0.4) is 0 Å². The Labute approximate surface area is 162 Å². The number of hydrogen-bond acceptors (Lipinski definition) is 5. The van der Waals surface area contributed by atoms with Crippen LogP contribution in [0, 0.1) is 0 Å². The Hall–Kier alpha value is -2.94. The Morgan fingerprint density at radius 1 is 1.21 bits per heavy atom. The Morgan fingerprint density at radius 3 is 2.32 bits per heavy atom. The average molecular weight is 412 g/mol. The van der Waals surface area contributed by atoms with E-state index in [0.717, 1.165) is 4.90 Å². The van der Waals surface area contributed by atoms with Crippen molar-refractivity contribution < 1.29 is 27.6 Å². The standard InChI is InChI=1S/C18H13ClF3N3O3/c1-2-28-24-14(15-13(19)7-10(8-23-15)18(20,21)22)9-25-16(26)11-5-3-4-6-12(11)17(25)27/h3-8H,2,9H2,1H3/b24-14-. The van der Waals surface area contributed by atoms with Crippen molar-refractivity contribution in [3.63, 3.8) is 0 Å². The number of benzene rings is 1. The van der Waals surface area contributed by atoms with Crippen LogP contribution < -0.4 is 0 Å². The Bertz CT molecular complexity index is 941. The van der Waals surface area contributed by atoms with Crippen molar-refractivity contribution in [2.24, 2.45) is 5.16 Å². The number of carbonyl (C=O) groups excluding carboxylic acids is 2. The first-order valence-electron chi connectivity index (χ1n) is 8.11. The number of amides is 2. The molecule has 0 saturated heterocycles. The molecule has 10 heteroatoms. The fourth-order valence-electron chi connectivity index (χ4n) is 2.63. The monoisotopic (exact) mass is 411 g/mol. The topological polar surface area (TPSA) is 71.9 Å². The molecule has 0 unspecified atom stereocenters. The van der Waals surface area contributed by atoms with Crippen molar-refractivity contribution in [3.05, 3.63) is 63.9 Å². The van der Waals surface area contributed by atoms with Crippen molar-refractivity contribution in [1.82, 2.24) is 9.88 Å². The predicted octanol–water partition coefficient (Wildman–Crippen LogP) is 3.79. The van der Waals surface area contributed by atoms with E-state index in [-0.39, 0.29) is 40.7 Å². The zero-order chi connectivity index (χ0) is 20.5. The smallest absolute Gasteiger partial charge is 0.396 e. The van der Waals surface area contributed by atoms with Gasteiger partial charge in [-0.25, -0.2) is 0 Å². The maximum Gasteiger partial charge on any atom is 0.417 e. The van der Waals surface area contributed by atoms with Gasteiger partial charge >= 0.3 is 6.18 Å². The summed E-state index contributed by atoms with van der Waals surface area (Å²) >= 11 is 5.97. The van der Waals surface area contributed by atoms with Crippen molar-refractivity contribution in [1.29, 1.82) is 0 Å². The van der Waals surface area contributed by atoms with Crippen LogP contribution in [0.4, 0.5) is 13.2 Å². The minimum absolute atomic E-state index is 0.0462. The van der Waals surface area contributed by atoms with Crippen LogP contribution in [0.25, 0.3) is 0 Å². The lowest BCUT2D eigenvalue weighted by Crippen LogP contribution is -2.35. The minimum atomic E-state index is -4.62. The van der Waals surface area contributed by atoms with Gasteiger partial charge in [-0.05, 0) is 25.1 Å². The van der Waals surface area contributed by atoms with E-state index in [2.05, 4.69) is 10.1 Å². The van der Waals surface area contributed by atoms with Gasteiger partial charge in [-0.3, -0.25) is 19.5 Å². The van der Waals surface area contributed by atoms with Gasteiger partial charge in [0.25, 0.3) is 11.8 Å². The molecule has 6 nitrogen and oxygen atoms in total. The molecule has 3 rings (SSSR count). The number of carbonyl (C=O) groups is 2. The highest BCUT2D eigenvalue weighted by atomic mass is 35.5. The molecule has 1 aromatic heterocycles. The van der Waals surface area contributed by atoms with Gasteiger partial charge in [0.15, 0.2) is 0 Å². The number of imide groups is 1. The van der Waals surface area contributed by atoms with Crippen LogP contribution >= 0.6 is 11.6 Å². The SMILES string of the molecule is CCO/N=C(/CN1C(=O)c2ccccc2C1=O)c1ncc(C(F)(F)F)cc1Cl. The van der Waals surface area contributed by atoms with Crippen LogP contribution in [0.5, 0.6) is 0 Å². The van der Waals surface area contributed by atoms with Gasteiger partial charge in [0, 0.05) is 6.20 Å². The molecule has 0 N–H and O–H groups in total. The van der Waals surface area contributed by atoms with E-state index < -0.39 is 23.6 Å². The van der Waals surface area contributed by atoms with E-state index in [1.165, 1.54) is 12.1 Å². The quantitative estimate of drug-likeness (QED) is 0.426. The number of alkyl halides is 3. The highest BCUT2D eigenvalue weighted by Gasteiger charge is 2.37. The Morgan fingerprint density at radius 2 is 1.82 bits per heavy atom. The molecule has 146 valence electrons. The summed E-state index contributed by atoms with van der Waals surface area (Å²) in [6.07, 6.45) is -4.01. The molecule has 0 atom stereocenters. The third-order valence-electron chi connectivity index (χ3n) is 3.93. The second-order valence-electron chi connectivity index (χ2n) is 5.75. The first kappa shape index (κ1) is 19.8. The largest absolute Gasteiger partial charge is 0.417 e. The number of fused-ring (bicyclic) bond motifs is 1. The zero-order valence-corrected chi connectivity index (χ0v) is 15.2. The van der Waals surface area contributed by atoms with Crippen molar-refractivity contribution in [3.8, 4) is 0 Å². The van der Waals surface area contributed by atoms with Crippen LogP contribution in [0.2, 0.25) is 5.02 Å². The van der Waals surface area contributed by atoms with Gasteiger partial charge in [-0.1, -0.05) is 28.9 Å². The van der Waals surface area contributed by atoms with E-state index in [4.69, 9.17) is 16.4 Å². The molecule has 0 spiro atoms. The molecule has 2 aromatic rings. The number of hydrogen-bond donors (Lipinski definition) is 0. The number of pyridine rings is 1. The highest BCUT2D eigenvalue weighted by molar-refractivity contribution is 6.34. The van der Waals surface area contributed by atoms with Crippen molar-refractivity contribution in [2.75, 3.05) is 13.2 Å². The summed E-state index contributed by atoms with van der Waals surface area (Å²) in [5, 5.41) is 3.47. The normalized spacial score (nSPS) is 14.5. The summed E-state index contributed by atoms with van der Waals surface area (Å²) in [6, 6.07) is 6.97. The molecule has 2 heterocycles. The second-order valence-corrected chi connectivity index (χ2v) is 6.16. The van der Waals surface area contributed by atoms with Crippen molar-refractivity contribution >= 4 is 29.1 Å². The lowest BCUT2D eigenvalue weighted by Gasteiger charge is -2.16. The summed E-state index contributed by atoms with van der Waals surface area (Å²) in [5.74, 6) is -1.10. The summed E-state index contributed by atoms with van der Waals surface area (Å²) in [7, 11) is 0. The lowest BCUT2D eigenvalue weighted by molar-refractivity contribution is -0.137. The van der Waals surface area contributed by atoms with Crippen LogP contribution in [0.15, 0.2) is 41.7 Å². The van der Waals surface area contributed by atoms with Gasteiger partial charge in [-0.2, -0.15) is 13.2 Å². The van der Waals surface area contributed by atoms with Gasteiger partial charge in [0.2, 0.25) is 0 Å². The fourth-order valence-corrected chi connectivity index (χ4v) is 2.90. The minimum Gasteiger partial charge on any atom is -0.396 e. The first-order chi connectivity index (χ1) is 13.2. The molecule has 0 bridgehead atoms. The molecule has 1 aliphatic rings. The summed E-state index contributed by atoms with van der Waals surface area (Å²) in [4.78, 5) is 34.7. The predicted molar refractivity (Wildman–Crippen MR) is 94.2 cm³/mol. The van der Waals surface area contributed by atoms with E-state index in [1.54, 1.807) is 19.1 Å². The van der Waals surface area contributed by atoms with E-state index >= 15 is 0 Å². The molecular formula is C18H13ClF3N3O3. The molecule has 1 aromatic carbocycles. The van der Waals surface area contributed by atoms with Gasteiger partial charge in [-0.15, -0.1) is 0 Å². The maximum absolute atomic E-state index is 12.8. The summed E-state index contributed by atoms with van der Waals surface area (Å²) in [6.45, 7) is 1.44. The second kappa shape index (κ2) is 7.59. The Kier molecular flexibility index (Phi) is 5.37. The molecule has 1 aliphatic heterocycles. The van der Waals surface area contributed by atoms with Gasteiger partial charge < -0.3 is 4.84 Å². The number of nitrogens with zero attached hydrogens (tertiary/aromatic N) is 3. The Balaban J connectivity index is 1.95. The van der Waals surface area contributed by atoms with Gasteiger partial charge in [0.1, 0.15) is 18.0 Å². The molecule has 0 radical (unpaired) electrons. The number of halogens is 4. The summed E-state index contributed by atoms with van der Waals surface area (Å²) < 4.78 is 38.5. The van der Waals surface area contributed by atoms with Crippen LogP contribution in [0.1, 0.15) is 38.9 Å². The van der Waals surface area contributed by atoms with Gasteiger partial charge in [0.05, 0.1) is 28.3 Å². The number of oxime groups is 1. The molecule has 0 saturated carbocycles.